The summed E-state index contributed by atoms with van der Waals surface area (Å²) in [5.41, 5.74) is -1.06. The molecule has 1 rings (SSSR count). The molecule has 0 aromatic carbocycles. The van der Waals surface area contributed by atoms with Crippen molar-refractivity contribution in [2.75, 3.05) is 26.9 Å². The lowest BCUT2D eigenvalue weighted by atomic mass is 9.81. The highest BCUT2D eigenvalue weighted by Crippen LogP contribution is 2.31. The summed E-state index contributed by atoms with van der Waals surface area (Å²) < 4.78 is 10.0. The smallest absolute Gasteiger partial charge is 0.410 e. The molecule has 104 valence electrons. The molecule has 1 aliphatic rings. The third-order valence-electron chi connectivity index (χ3n) is 2.66. The van der Waals surface area contributed by atoms with Gasteiger partial charge in [-0.2, -0.15) is 0 Å². The van der Waals surface area contributed by atoms with E-state index in [2.05, 4.69) is 5.32 Å². The number of carbonyl (C=O) groups is 2. The first-order valence-corrected chi connectivity index (χ1v) is 5.93. The van der Waals surface area contributed by atoms with Crippen molar-refractivity contribution in [2.24, 2.45) is 5.41 Å². The van der Waals surface area contributed by atoms with Crippen molar-refractivity contribution >= 4 is 12.0 Å². The lowest BCUT2D eigenvalue weighted by Crippen LogP contribution is -2.63. The molecule has 1 N–H and O–H groups in total. The van der Waals surface area contributed by atoms with Crippen LogP contribution in [0, 0.1) is 5.41 Å². The second kappa shape index (κ2) is 5.14. The number of nitrogens with one attached hydrogen (secondary N) is 1. The molecule has 2 amide bonds. The van der Waals surface area contributed by atoms with E-state index >= 15 is 0 Å². The average molecular weight is 258 g/mol. The summed E-state index contributed by atoms with van der Waals surface area (Å²) in [6.07, 6.45) is -0.375. The second-order valence-corrected chi connectivity index (χ2v) is 5.84. The fourth-order valence-corrected chi connectivity index (χ4v) is 1.75. The summed E-state index contributed by atoms with van der Waals surface area (Å²) in [6, 6.07) is 0. The zero-order chi connectivity index (χ0) is 14.0. The molecular formula is C12H22N2O4. The molecule has 0 aromatic heterocycles. The van der Waals surface area contributed by atoms with Crippen molar-refractivity contribution in [3.05, 3.63) is 0 Å². The number of rotatable bonds is 3. The lowest BCUT2D eigenvalue weighted by Gasteiger charge is -2.46. The number of hydrogen-bond acceptors (Lipinski definition) is 4. The predicted molar refractivity (Wildman–Crippen MR) is 65.9 cm³/mol. The first-order valence-electron chi connectivity index (χ1n) is 5.93. The van der Waals surface area contributed by atoms with Crippen LogP contribution in [0.15, 0.2) is 0 Å². The van der Waals surface area contributed by atoms with E-state index in [-0.39, 0.29) is 18.7 Å². The Labute approximate surface area is 108 Å². The zero-order valence-electron chi connectivity index (χ0n) is 11.7. The molecule has 0 bridgehead atoms. The Bertz CT molecular complexity index is 329. The van der Waals surface area contributed by atoms with E-state index < -0.39 is 11.0 Å². The third-order valence-corrected chi connectivity index (χ3v) is 2.66. The molecule has 1 saturated heterocycles. The summed E-state index contributed by atoms with van der Waals surface area (Å²) in [7, 11) is 1.51. The Balaban J connectivity index is 2.42. The van der Waals surface area contributed by atoms with E-state index in [0.29, 0.717) is 13.1 Å². The van der Waals surface area contributed by atoms with Crippen LogP contribution in [0.4, 0.5) is 4.79 Å². The van der Waals surface area contributed by atoms with Crippen LogP contribution in [0.3, 0.4) is 0 Å². The number of ether oxygens (including phenoxy) is 2. The summed E-state index contributed by atoms with van der Waals surface area (Å²) in [5.74, 6) is -0.107. The van der Waals surface area contributed by atoms with Gasteiger partial charge >= 0.3 is 6.09 Å². The van der Waals surface area contributed by atoms with Crippen molar-refractivity contribution in [1.29, 1.82) is 0 Å². The third kappa shape index (κ3) is 3.60. The van der Waals surface area contributed by atoms with Crippen LogP contribution >= 0.6 is 0 Å². The SMILES string of the molecule is COCNC(=O)C1(C)CN(C(=O)OC(C)(C)C)C1. The van der Waals surface area contributed by atoms with Crippen molar-refractivity contribution in [3.8, 4) is 0 Å². The number of hydrogen-bond donors (Lipinski definition) is 1. The Morgan fingerprint density at radius 2 is 1.89 bits per heavy atom. The molecule has 0 saturated carbocycles. The summed E-state index contributed by atoms with van der Waals surface area (Å²) in [6.45, 7) is 8.19. The minimum atomic E-state index is -0.546. The molecule has 6 heteroatoms. The second-order valence-electron chi connectivity index (χ2n) is 5.84. The molecule has 0 atom stereocenters. The van der Waals surface area contributed by atoms with Gasteiger partial charge in [-0.1, -0.05) is 0 Å². The molecule has 1 aliphatic heterocycles. The van der Waals surface area contributed by atoms with E-state index in [1.165, 1.54) is 12.0 Å². The van der Waals surface area contributed by atoms with Gasteiger partial charge in [-0.15, -0.1) is 0 Å². The van der Waals surface area contributed by atoms with E-state index in [1.54, 1.807) is 0 Å². The van der Waals surface area contributed by atoms with Gasteiger partial charge in [-0.25, -0.2) is 4.79 Å². The predicted octanol–water partition coefficient (Wildman–Crippen LogP) is 0.963. The monoisotopic (exact) mass is 258 g/mol. The molecular weight excluding hydrogens is 236 g/mol. The quantitative estimate of drug-likeness (QED) is 0.766. The molecule has 1 fully saturated rings. The Kier molecular flexibility index (Phi) is 4.21. The van der Waals surface area contributed by atoms with Crippen LogP contribution in [0.1, 0.15) is 27.7 Å². The summed E-state index contributed by atoms with van der Waals surface area (Å²) in [5, 5.41) is 2.64. The first kappa shape index (κ1) is 14.8. The maximum absolute atomic E-state index is 11.8. The van der Waals surface area contributed by atoms with E-state index in [1.807, 2.05) is 27.7 Å². The molecule has 0 unspecified atom stereocenters. The van der Waals surface area contributed by atoms with Gasteiger partial charge < -0.3 is 19.7 Å². The van der Waals surface area contributed by atoms with Gasteiger partial charge in [0.25, 0.3) is 0 Å². The Hall–Kier alpha value is -1.30. The van der Waals surface area contributed by atoms with Gasteiger partial charge in [0.15, 0.2) is 0 Å². The first-order chi connectivity index (χ1) is 8.18. The van der Waals surface area contributed by atoms with Gasteiger partial charge in [0.2, 0.25) is 5.91 Å². The minimum absolute atomic E-state index is 0.107. The summed E-state index contributed by atoms with van der Waals surface area (Å²) in [4.78, 5) is 25.0. The van der Waals surface area contributed by atoms with Crippen LogP contribution < -0.4 is 5.32 Å². The number of nitrogens with zero attached hydrogens (tertiary/aromatic N) is 1. The molecule has 0 spiro atoms. The fraction of sp³-hybridized carbons (Fsp3) is 0.833. The van der Waals surface area contributed by atoms with E-state index in [9.17, 15) is 9.59 Å². The largest absolute Gasteiger partial charge is 0.444 e. The van der Waals surface area contributed by atoms with Crippen molar-refractivity contribution < 1.29 is 19.1 Å². The Morgan fingerprint density at radius 1 is 1.33 bits per heavy atom. The van der Waals surface area contributed by atoms with Gasteiger partial charge in [0.1, 0.15) is 12.3 Å². The highest BCUT2D eigenvalue weighted by atomic mass is 16.6. The highest BCUT2D eigenvalue weighted by molar-refractivity contribution is 5.85. The normalized spacial score (nSPS) is 17.9. The molecule has 1 heterocycles. The molecule has 0 aromatic rings. The van der Waals surface area contributed by atoms with E-state index in [4.69, 9.17) is 9.47 Å². The maximum atomic E-state index is 11.8. The average Bonchev–Trinajstić information content (AvgIpc) is 2.18. The van der Waals surface area contributed by atoms with Crippen LogP contribution in [-0.2, 0) is 14.3 Å². The van der Waals surface area contributed by atoms with Gasteiger partial charge in [-0.3, -0.25) is 4.79 Å². The molecule has 0 radical (unpaired) electrons. The van der Waals surface area contributed by atoms with Crippen molar-refractivity contribution in [3.63, 3.8) is 0 Å². The standard InChI is InChI=1S/C12H22N2O4/c1-11(2,3)18-10(16)14-6-12(4,7-14)9(15)13-8-17-5/h6-8H2,1-5H3,(H,13,15). The number of amides is 2. The maximum Gasteiger partial charge on any atom is 0.410 e. The van der Waals surface area contributed by atoms with Crippen LogP contribution in [-0.4, -0.2) is 49.4 Å². The zero-order valence-corrected chi connectivity index (χ0v) is 11.7. The number of carbonyl (C=O) groups excluding carboxylic acids is 2. The number of methoxy groups -OCH3 is 1. The van der Waals surface area contributed by atoms with Crippen LogP contribution in [0.5, 0.6) is 0 Å². The van der Waals surface area contributed by atoms with Crippen LogP contribution in [0.25, 0.3) is 0 Å². The summed E-state index contributed by atoms with van der Waals surface area (Å²) >= 11 is 0. The van der Waals surface area contributed by atoms with Crippen molar-refractivity contribution in [1.82, 2.24) is 10.2 Å². The topological polar surface area (TPSA) is 67.9 Å². The molecule has 18 heavy (non-hydrogen) atoms. The van der Waals surface area contributed by atoms with Crippen LogP contribution in [0.2, 0.25) is 0 Å². The fourth-order valence-electron chi connectivity index (χ4n) is 1.75. The molecule has 0 aliphatic carbocycles. The van der Waals surface area contributed by atoms with Crippen molar-refractivity contribution in [2.45, 2.75) is 33.3 Å². The van der Waals surface area contributed by atoms with Gasteiger partial charge in [0.05, 0.1) is 5.41 Å². The minimum Gasteiger partial charge on any atom is -0.444 e. The number of likely N-dealkylation sites (tertiary alicyclic amines) is 1. The Morgan fingerprint density at radius 3 is 2.33 bits per heavy atom. The lowest BCUT2D eigenvalue weighted by molar-refractivity contribution is -0.140. The van der Waals surface area contributed by atoms with Gasteiger partial charge in [-0.05, 0) is 27.7 Å². The highest BCUT2D eigenvalue weighted by Gasteiger charge is 2.48. The molecule has 6 nitrogen and oxygen atoms in total. The van der Waals surface area contributed by atoms with E-state index in [0.717, 1.165) is 0 Å². The van der Waals surface area contributed by atoms with Gasteiger partial charge in [0, 0.05) is 20.2 Å².